The molecule has 0 heterocycles. The number of benzene rings is 2. The fraction of sp³-hybridized carbons (Fsp3) is 0.300. The van der Waals surface area contributed by atoms with E-state index in [9.17, 15) is 9.59 Å². The number of nitrogens with one attached hydrogen (secondary N) is 3. The molecule has 0 spiro atoms. The number of hydrogen-bond donors (Lipinski definition) is 3. The minimum Gasteiger partial charge on any atom is -0.384 e. The van der Waals surface area contributed by atoms with Crippen molar-refractivity contribution >= 4 is 28.9 Å². The number of rotatable bonds is 7. The highest BCUT2D eigenvalue weighted by atomic mass is 16.2. The van der Waals surface area contributed by atoms with Gasteiger partial charge in [-0.05, 0) is 42.7 Å². The molecular weight excluding hydrogens is 314 g/mol. The van der Waals surface area contributed by atoms with Crippen molar-refractivity contribution in [2.75, 3.05) is 22.5 Å². The molecule has 2 amide bonds. The Morgan fingerprint density at radius 1 is 1.00 bits per heavy atom. The average Bonchev–Trinajstić information content (AvgIpc) is 2.56. The maximum Gasteiger partial charge on any atom is 0.226 e. The standard InChI is InChI=1S/C20H25N3O2/c1-4-16-8-5-7-14(2)20(16)23-19(25)11-12-21-17-9-6-10-18(13-17)22-15(3)24/h5-10,13,21H,4,11-12H2,1-3H3,(H,22,24)(H,23,25). The molecule has 132 valence electrons. The number of aryl methyl sites for hydroxylation is 2. The smallest absolute Gasteiger partial charge is 0.226 e. The highest BCUT2D eigenvalue weighted by Gasteiger charge is 2.08. The molecule has 0 aliphatic heterocycles. The van der Waals surface area contributed by atoms with E-state index in [-0.39, 0.29) is 11.8 Å². The molecule has 0 aliphatic rings. The van der Waals surface area contributed by atoms with Gasteiger partial charge < -0.3 is 16.0 Å². The van der Waals surface area contributed by atoms with Crippen LogP contribution in [0.25, 0.3) is 0 Å². The zero-order valence-corrected chi connectivity index (χ0v) is 15.0. The van der Waals surface area contributed by atoms with E-state index in [1.165, 1.54) is 6.92 Å². The van der Waals surface area contributed by atoms with Gasteiger partial charge in [-0.25, -0.2) is 0 Å². The molecule has 0 unspecified atom stereocenters. The van der Waals surface area contributed by atoms with Crippen molar-refractivity contribution in [3.63, 3.8) is 0 Å². The lowest BCUT2D eigenvalue weighted by Crippen LogP contribution is -2.18. The summed E-state index contributed by atoms with van der Waals surface area (Å²) >= 11 is 0. The Morgan fingerprint density at radius 3 is 2.44 bits per heavy atom. The fourth-order valence-electron chi connectivity index (χ4n) is 2.63. The third kappa shape index (κ3) is 5.64. The number of carbonyl (C=O) groups is 2. The zero-order chi connectivity index (χ0) is 18.2. The molecule has 2 aromatic rings. The second-order valence-corrected chi connectivity index (χ2v) is 5.95. The molecule has 2 rings (SSSR count). The molecular formula is C20H25N3O2. The number of carbonyl (C=O) groups excluding carboxylic acids is 2. The number of anilines is 3. The van der Waals surface area contributed by atoms with Crippen LogP contribution in [0.15, 0.2) is 42.5 Å². The van der Waals surface area contributed by atoms with Crippen molar-refractivity contribution in [1.29, 1.82) is 0 Å². The average molecular weight is 339 g/mol. The first kappa shape index (κ1) is 18.5. The normalized spacial score (nSPS) is 10.2. The van der Waals surface area contributed by atoms with Crippen molar-refractivity contribution in [3.05, 3.63) is 53.6 Å². The van der Waals surface area contributed by atoms with Gasteiger partial charge in [-0.2, -0.15) is 0 Å². The van der Waals surface area contributed by atoms with Crippen molar-refractivity contribution in [2.45, 2.75) is 33.6 Å². The molecule has 0 saturated carbocycles. The topological polar surface area (TPSA) is 70.2 Å². The Balaban J connectivity index is 1.88. The third-order valence-corrected chi connectivity index (χ3v) is 3.87. The van der Waals surface area contributed by atoms with Gasteiger partial charge in [0, 0.05) is 37.0 Å². The van der Waals surface area contributed by atoms with Crippen molar-refractivity contribution in [3.8, 4) is 0 Å². The Bertz CT molecular complexity index is 756. The maximum atomic E-state index is 12.2. The predicted molar refractivity (Wildman–Crippen MR) is 103 cm³/mol. The van der Waals surface area contributed by atoms with Crippen LogP contribution in [0.4, 0.5) is 17.1 Å². The monoisotopic (exact) mass is 339 g/mol. The second-order valence-electron chi connectivity index (χ2n) is 5.95. The van der Waals surface area contributed by atoms with Gasteiger partial charge in [0.15, 0.2) is 0 Å². The molecule has 3 N–H and O–H groups in total. The lowest BCUT2D eigenvalue weighted by atomic mass is 10.1. The molecule has 0 bridgehead atoms. The summed E-state index contributed by atoms with van der Waals surface area (Å²) in [7, 11) is 0. The number of hydrogen-bond acceptors (Lipinski definition) is 3. The largest absolute Gasteiger partial charge is 0.384 e. The van der Waals surface area contributed by atoms with Gasteiger partial charge in [0.1, 0.15) is 0 Å². The van der Waals surface area contributed by atoms with E-state index in [1.54, 1.807) is 0 Å². The van der Waals surface area contributed by atoms with Crippen LogP contribution in [0.3, 0.4) is 0 Å². The molecule has 0 fully saturated rings. The zero-order valence-electron chi connectivity index (χ0n) is 15.0. The summed E-state index contributed by atoms with van der Waals surface area (Å²) in [4.78, 5) is 23.3. The summed E-state index contributed by atoms with van der Waals surface area (Å²) in [5, 5.41) is 8.96. The highest BCUT2D eigenvalue weighted by molar-refractivity contribution is 5.92. The van der Waals surface area contributed by atoms with Crippen molar-refractivity contribution in [1.82, 2.24) is 0 Å². The van der Waals surface area contributed by atoms with E-state index in [0.29, 0.717) is 13.0 Å². The first-order valence-corrected chi connectivity index (χ1v) is 8.49. The molecule has 0 radical (unpaired) electrons. The first-order valence-electron chi connectivity index (χ1n) is 8.49. The van der Waals surface area contributed by atoms with E-state index in [0.717, 1.165) is 34.6 Å². The number of amides is 2. The van der Waals surface area contributed by atoms with Gasteiger partial charge in [0.05, 0.1) is 0 Å². The van der Waals surface area contributed by atoms with Gasteiger partial charge >= 0.3 is 0 Å². The molecule has 5 heteroatoms. The third-order valence-electron chi connectivity index (χ3n) is 3.87. The van der Waals surface area contributed by atoms with Gasteiger partial charge in [-0.1, -0.05) is 31.2 Å². The summed E-state index contributed by atoms with van der Waals surface area (Å²) < 4.78 is 0. The van der Waals surface area contributed by atoms with Crippen LogP contribution >= 0.6 is 0 Å². The molecule has 2 aromatic carbocycles. The van der Waals surface area contributed by atoms with Crippen LogP contribution in [0.2, 0.25) is 0 Å². The van der Waals surface area contributed by atoms with Gasteiger partial charge in [-0.3, -0.25) is 9.59 Å². The Kier molecular flexibility index (Phi) is 6.57. The first-order chi connectivity index (χ1) is 12.0. The van der Waals surface area contributed by atoms with E-state index < -0.39 is 0 Å². The highest BCUT2D eigenvalue weighted by Crippen LogP contribution is 2.21. The molecule has 0 atom stereocenters. The van der Waals surface area contributed by atoms with E-state index in [1.807, 2.05) is 49.4 Å². The fourth-order valence-corrected chi connectivity index (χ4v) is 2.63. The lowest BCUT2D eigenvalue weighted by Gasteiger charge is -2.13. The summed E-state index contributed by atoms with van der Waals surface area (Å²) in [6.07, 6.45) is 1.24. The summed E-state index contributed by atoms with van der Waals surface area (Å²) in [5.41, 5.74) is 4.73. The lowest BCUT2D eigenvalue weighted by molar-refractivity contribution is -0.116. The molecule has 0 saturated heterocycles. The minimum atomic E-state index is -0.110. The molecule has 25 heavy (non-hydrogen) atoms. The minimum absolute atomic E-state index is 0.0190. The van der Waals surface area contributed by atoms with E-state index in [4.69, 9.17) is 0 Å². The van der Waals surface area contributed by atoms with Gasteiger partial charge in [0.25, 0.3) is 0 Å². The summed E-state index contributed by atoms with van der Waals surface area (Å²) in [6, 6.07) is 13.5. The summed E-state index contributed by atoms with van der Waals surface area (Å²) in [5.74, 6) is -0.129. The van der Waals surface area contributed by atoms with Gasteiger partial charge in [0.2, 0.25) is 11.8 Å². The second kappa shape index (κ2) is 8.87. The Morgan fingerprint density at radius 2 is 1.72 bits per heavy atom. The maximum absolute atomic E-state index is 12.2. The van der Waals surface area contributed by atoms with Crippen LogP contribution in [-0.4, -0.2) is 18.4 Å². The summed E-state index contributed by atoms with van der Waals surface area (Å²) in [6.45, 7) is 6.07. The van der Waals surface area contributed by atoms with Crippen LogP contribution < -0.4 is 16.0 Å². The van der Waals surface area contributed by atoms with Crippen LogP contribution in [0.5, 0.6) is 0 Å². The van der Waals surface area contributed by atoms with E-state index in [2.05, 4.69) is 22.9 Å². The molecule has 5 nitrogen and oxygen atoms in total. The van der Waals surface area contributed by atoms with Crippen LogP contribution in [0, 0.1) is 6.92 Å². The van der Waals surface area contributed by atoms with Crippen molar-refractivity contribution < 1.29 is 9.59 Å². The number of para-hydroxylation sites is 1. The molecule has 0 aromatic heterocycles. The van der Waals surface area contributed by atoms with Crippen molar-refractivity contribution in [2.24, 2.45) is 0 Å². The van der Waals surface area contributed by atoms with E-state index >= 15 is 0 Å². The van der Waals surface area contributed by atoms with Gasteiger partial charge in [-0.15, -0.1) is 0 Å². The predicted octanol–water partition coefficient (Wildman–Crippen LogP) is 3.96. The molecule has 0 aliphatic carbocycles. The van der Waals surface area contributed by atoms with Crippen LogP contribution in [0.1, 0.15) is 31.4 Å². The van der Waals surface area contributed by atoms with Crippen LogP contribution in [-0.2, 0) is 16.0 Å². The Hall–Kier alpha value is -2.82. The quantitative estimate of drug-likeness (QED) is 0.715. The Labute approximate surface area is 148 Å². The SMILES string of the molecule is CCc1cccc(C)c1NC(=O)CCNc1cccc(NC(C)=O)c1.